The number of carbonyl (C=O) groups is 3. The van der Waals surface area contributed by atoms with Gasteiger partial charge < -0.3 is 20.1 Å². The van der Waals surface area contributed by atoms with Gasteiger partial charge in [0, 0.05) is 25.4 Å². The molecule has 7 heteroatoms. The van der Waals surface area contributed by atoms with E-state index < -0.39 is 5.54 Å². The van der Waals surface area contributed by atoms with Crippen LogP contribution in [-0.2, 0) is 22.7 Å². The number of rotatable bonds is 7. The Morgan fingerprint density at radius 1 is 1.09 bits per heavy atom. The van der Waals surface area contributed by atoms with Crippen LogP contribution in [0.2, 0.25) is 0 Å². The summed E-state index contributed by atoms with van der Waals surface area (Å²) in [7, 11) is 0. The van der Waals surface area contributed by atoms with E-state index in [1.54, 1.807) is 4.90 Å². The van der Waals surface area contributed by atoms with Crippen molar-refractivity contribution in [3.05, 3.63) is 65.4 Å². The predicted octanol–water partition coefficient (Wildman–Crippen LogP) is 4.49. The summed E-state index contributed by atoms with van der Waals surface area (Å²) in [6, 6.07) is 15.5. The van der Waals surface area contributed by atoms with Crippen molar-refractivity contribution in [1.82, 2.24) is 14.8 Å². The number of anilines is 1. The second-order valence-corrected chi connectivity index (χ2v) is 10.0. The minimum atomic E-state index is -1.11. The molecule has 7 nitrogen and oxygen atoms in total. The first-order valence-corrected chi connectivity index (χ1v) is 12.2. The summed E-state index contributed by atoms with van der Waals surface area (Å²) in [6.07, 6.45) is 0.859. The molecule has 184 valence electrons. The largest absolute Gasteiger partial charge is 0.354 e. The van der Waals surface area contributed by atoms with Crippen LogP contribution in [0.3, 0.4) is 0 Å². The van der Waals surface area contributed by atoms with Crippen LogP contribution in [0.25, 0.3) is 10.9 Å². The number of nitrogens with one attached hydrogen (secondary N) is 2. The summed E-state index contributed by atoms with van der Waals surface area (Å²) < 4.78 is 1.89. The number of benzene rings is 2. The summed E-state index contributed by atoms with van der Waals surface area (Å²) in [5.74, 6) is -0.243. The van der Waals surface area contributed by atoms with Gasteiger partial charge in [-0.1, -0.05) is 56.3 Å². The number of hydrogen-bond acceptors (Lipinski definition) is 3. The summed E-state index contributed by atoms with van der Waals surface area (Å²) >= 11 is 0. The maximum Gasteiger partial charge on any atom is 0.273 e. The number of aryl methyl sites for hydroxylation is 1. The van der Waals surface area contributed by atoms with Crippen LogP contribution in [0.1, 0.15) is 55.7 Å². The zero-order chi connectivity index (χ0) is 25.3. The molecule has 2 heterocycles. The van der Waals surface area contributed by atoms with Crippen LogP contribution < -0.4 is 10.6 Å². The Morgan fingerprint density at radius 3 is 2.46 bits per heavy atom. The molecule has 3 amide bonds. The SMILES string of the molecule is CC(=O)Nc1c2n(c3ccccc13)C[C@@](C)(C(=O)NCCC(C)C)N(Cc1ccccc1C)C2=O. The van der Waals surface area contributed by atoms with Crippen molar-refractivity contribution in [2.45, 2.75) is 59.7 Å². The summed E-state index contributed by atoms with van der Waals surface area (Å²) in [5, 5.41) is 6.74. The lowest BCUT2D eigenvalue weighted by molar-refractivity contribution is -0.133. The number of amides is 3. The van der Waals surface area contributed by atoms with E-state index in [-0.39, 0.29) is 24.3 Å². The van der Waals surface area contributed by atoms with E-state index in [1.807, 2.05) is 66.9 Å². The van der Waals surface area contributed by atoms with Gasteiger partial charge in [-0.15, -0.1) is 0 Å². The predicted molar refractivity (Wildman–Crippen MR) is 138 cm³/mol. The van der Waals surface area contributed by atoms with Crippen molar-refractivity contribution < 1.29 is 14.4 Å². The number of para-hydroxylation sites is 1. The van der Waals surface area contributed by atoms with Gasteiger partial charge in [-0.25, -0.2) is 0 Å². The van der Waals surface area contributed by atoms with E-state index in [2.05, 4.69) is 24.5 Å². The van der Waals surface area contributed by atoms with E-state index in [1.165, 1.54) is 6.92 Å². The van der Waals surface area contributed by atoms with E-state index in [4.69, 9.17) is 0 Å². The van der Waals surface area contributed by atoms with E-state index >= 15 is 0 Å². The zero-order valence-electron chi connectivity index (χ0n) is 21.1. The Morgan fingerprint density at radius 2 is 1.77 bits per heavy atom. The molecule has 0 saturated heterocycles. The molecular weight excluding hydrogens is 440 g/mol. The molecule has 2 aromatic carbocycles. The van der Waals surface area contributed by atoms with Gasteiger partial charge >= 0.3 is 0 Å². The minimum absolute atomic E-state index is 0.176. The normalized spacial score (nSPS) is 17.5. The van der Waals surface area contributed by atoms with Gasteiger partial charge in [-0.2, -0.15) is 0 Å². The molecule has 0 radical (unpaired) electrons. The topological polar surface area (TPSA) is 83.4 Å². The molecule has 0 aliphatic carbocycles. The molecular formula is C28H34N4O3. The van der Waals surface area contributed by atoms with Crippen molar-refractivity contribution in [3.8, 4) is 0 Å². The van der Waals surface area contributed by atoms with Gasteiger partial charge in [0.05, 0.1) is 17.7 Å². The van der Waals surface area contributed by atoms with Gasteiger partial charge in [0.25, 0.3) is 5.91 Å². The molecule has 1 aromatic heterocycles. The molecule has 3 aromatic rings. The molecule has 4 rings (SSSR count). The molecule has 1 aliphatic heterocycles. The van der Waals surface area contributed by atoms with E-state index in [0.29, 0.717) is 30.4 Å². The van der Waals surface area contributed by atoms with Crippen LogP contribution in [0, 0.1) is 12.8 Å². The van der Waals surface area contributed by atoms with Crippen molar-refractivity contribution in [2.24, 2.45) is 5.92 Å². The lowest BCUT2D eigenvalue weighted by atomic mass is 9.93. The number of fused-ring (bicyclic) bond motifs is 3. The summed E-state index contributed by atoms with van der Waals surface area (Å²) in [5.41, 5.74) is 2.64. The average molecular weight is 475 g/mol. The molecule has 0 saturated carbocycles. The summed E-state index contributed by atoms with van der Waals surface area (Å²) in [6.45, 7) is 10.6. The Balaban J connectivity index is 1.85. The Hall–Kier alpha value is -3.61. The quantitative estimate of drug-likeness (QED) is 0.529. The lowest BCUT2D eigenvalue weighted by Crippen LogP contribution is -2.63. The molecule has 0 spiro atoms. The second kappa shape index (κ2) is 9.56. The fraction of sp³-hybridized carbons (Fsp3) is 0.393. The van der Waals surface area contributed by atoms with Crippen molar-refractivity contribution in [1.29, 1.82) is 0 Å². The molecule has 1 aliphatic rings. The van der Waals surface area contributed by atoms with E-state index in [0.717, 1.165) is 28.5 Å². The van der Waals surface area contributed by atoms with Crippen LogP contribution in [0.4, 0.5) is 5.69 Å². The monoisotopic (exact) mass is 474 g/mol. The highest BCUT2D eigenvalue weighted by atomic mass is 16.2. The molecule has 0 bridgehead atoms. The van der Waals surface area contributed by atoms with Gasteiger partial charge in [0.2, 0.25) is 11.8 Å². The molecule has 0 unspecified atom stereocenters. The standard InChI is InChI=1S/C28H34N4O3/c1-18(2)14-15-29-27(35)28(5)17-31-23-13-9-8-12-22(23)24(30-20(4)33)25(31)26(34)32(28)16-21-11-7-6-10-19(21)3/h6-13,18H,14-17H2,1-5H3,(H,29,35)(H,30,33)/t28-/m0/s1. The minimum Gasteiger partial charge on any atom is -0.354 e. The number of carbonyl (C=O) groups excluding carboxylic acids is 3. The van der Waals surface area contributed by atoms with Crippen molar-refractivity contribution in [3.63, 3.8) is 0 Å². The second-order valence-electron chi connectivity index (χ2n) is 10.0. The zero-order valence-corrected chi connectivity index (χ0v) is 21.1. The fourth-order valence-electron chi connectivity index (χ4n) is 4.80. The molecule has 2 N–H and O–H groups in total. The summed E-state index contributed by atoms with van der Waals surface area (Å²) in [4.78, 5) is 41.6. The van der Waals surface area contributed by atoms with Crippen molar-refractivity contribution >= 4 is 34.3 Å². The first-order valence-electron chi connectivity index (χ1n) is 12.2. The van der Waals surface area contributed by atoms with Crippen LogP contribution in [0.5, 0.6) is 0 Å². The molecule has 35 heavy (non-hydrogen) atoms. The van der Waals surface area contributed by atoms with Crippen LogP contribution in [-0.4, -0.2) is 39.3 Å². The van der Waals surface area contributed by atoms with Crippen molar-refractivity contribution in [2.75, 3.05) is 11.9 Å². The smallest absolute Gasteiger partial charge is 0.273 e. The maximum absolute atomic E-state index is 14.2. The lowest BCUT2D eigenvalue weighted by Gasteiger charge is -2.44. The molecule has 0 fully saturated rings. The van der Waals surface area contributed by atoms with Gasteiger partial charge in [0.15, 0.2) is 0 Å². The third-order valence-corrected chi connectivity index (χ3v) is 6.87. The van der Waals surface area contributed by atoms with Gasteiger partial charge in [0.1, 0.15) is 11.2 Å². The maximum atomic E-state index is 14.2. The number of aromatic nitrogens is 1. The number of hydrogen-bond donors (Lipinski definition) is 2. The third-order valence-electron chi connectivity index (χ3n) is 6.87. The molecule has 1 atom stereocenters. The average Bonchev–Trinajstić information content (AvgIpc) is 3.10. The Kier molecular flexibility index (Phi) is 6.70. The first kappa shape index (κ1) is 24.5. The van der Waals surface area contributed by atoms with E-state index in [9.17, 15) is 14.4 Å². The Bertz CT molecular complexity index is 1290. The Labute approximate surface area is 206 Å². The van der Waals surface area contributed by atoms with Gasteiger partial charge in [-0.3, -0.25) is 14.4 Å². The van der Waals surface area contributed by atoms with Gasteiger partial charge in [-0.05, 0) is 43.4 Å². The highest BCUT2D eigenvalue weighted by Gasteiger charge is 2.49. The highest BCUT2D eigenvalue weighted by molar-refractivity contribution is 6.14. The highest BCUT2D eigenvalue weighted by Crippen LogP contribution is 2.39. The van der Waals surface area contributed by atoms with Crippen LogP contribution in [0.15, 0.2) is 48.5 Å². The van der Waals surface area contributed by atoms with Crippen LogP contribution >= 0.6 is 0 Å². The number of nitrogens with zero attached hydrogens (tertiary/aromatic N) is 2. The third kappa shape index (κ3) is 4.55. The fourth-order valence-corrected chi connectivity index (χ4v) is 4.80. The first-order chi connectivity index (χ1) is 16.6.